The molecule has 0 saturated carbocycles. The van der Waals surface area contributed by atoms with Gasteiger partial charge in [-0.3, -0.25) is 4.79 Å². The highest BCUT2D eigenvalue weighted by Gasteiger charge is 2.06. The molecule has 1 aromatic rings. The average Bonchev–Trinajstić information content (AvgIpc) is 2.37. The summed E-state index contributed by atoms with van der Waals surface area (Å²) in [6.45, 7) is 8.19. The van der Waals surface area contributed by atoms with Gasteiger partial charge in [0.05, 0.1) is 6.54 Å². The highest BCUT2D eigenvalue weighted by atomic mass is 16.2. The Hall–Kier alpha value is -1.83. The first-order chi connectivity index (χ1) is 8.21. The smallest absolute Gasteiger partial charge is 0.250 e. The molecule has 17 heavy (non-hydrogen) atoms. The first-order valence-electron chi connectivity index (χ1n) is 5.85. The van der Waals surface area contributed by atoms with Crippen LogP contribution in [0.5, 0.6) is 0 Å². The van der Waals surface area contributed by atoms with Gasteiger partial charge in [0.1, 0.15) is 0 Å². The summed E-state index contributed by atoms with van der Waals surface area (Å²) in [5, 5.41) is 0. The van der Waals surface area contributed by atoms with E-state index in [0.717, 1.165) is 12.0 Å². The van der Waals surface area contributed by atoms with Crippen LogP contribution in [0.2, 0.25) is 0 Å². The zero-order valence-corrected chi connectivity index (χ0v) is 10.5. The van der Waals surface area contributed by atoms with Crippen molar-refractivity contribution in [3.63, 3.8) is 0 Å². The van der Waals surface area contributed by atoms with E-state index in [1.807, 2.05) is 6.92 Å². The van der Waals surface area contributed by atoms with Gasteiger partial charge in [0, 0.05) is 6.20 Å². The Kier molecular flexibility index (Phi) is 5.21. The normalized spacial score (nSPS) is 10.5. The van der Waals surface area contributed by atoms with Crippen molar-refractivity contribution in [3.05, 3.63) is 60.3 Å². The van der Waals surface area contributed by atoms with Gasteiger partial charge in [-0.25, -0.2) is 0 Å². The number of hydrogen-bond acceptors (Lipinski definition) is 1. The molecule has 0 spiro atoms. The first-order valence-corrected chi connectivity index (χ1v) is 5.85. The molecule has 0 saturated heterocycles. The molecule has 0 heterocycles. The van der Waals surface area contributed by atoms with Crippen molar-refractivity contribution >= 4 is 5.91 Å². The monoisotopic (exact) mass is 229 g/mol. The van der Waals surface area contributed by atoms with Crippen molar-refractivity contribution in [1.29, 1.82) is 0 Å². The molecular weight excluding hydrogens is 210 g/mol. The standard InChI is InChI=1S/C15H19NO/c1-4-7-15(17)16(6-3)12-14-10-8-13(5-2)9-11-14/h4,6-11H,3,5,12H2,1-2H3/b7-4-. The van der Waals surface area contributed by atoms with E-state index in [9.17, 15) is 4.79 Å². The average molecular weight is 229 g/mol. The highest BCUT2D eigenvalue weighted by Crippen LogP contribution is 2.09. The highest BCUT2D eigenvalue weighted by molar-refractivity contribution is 5.88. The van der Waals surface area contributed by atoms with E-state index in [2.05, 4.69) is 37.8 Å². The van der Waals surface area contributed by atoms with Gasteiger partial charge in [-0.1, -0.05) is 43.8 Å². The number of rotatable bonds is 5. The summed E-state index contributed by atoms with van der Waals surface area (Å²) in [6, 6.07) is 8.30. The molecule has 0 fully saturated rings. The molecule has 0 bridgehead atoms. The Morgan fingerprint density at radius 3 is 2.35 bits per heavy atom. The maximum atomic E-state index is 11.7. The molecule has 0 unspecified atom stereocenters. The van der Waals surface area contributed by atoms with Gasteiger partial charge >= 0.3 is 0 Å². The van der Waals surface area contributed by atoms with Crippen LogP contribution in [-0.2, 0) is 17.8 Å². The van der Waals surface area contributed by atoms with Crippen molar-refractivity contribution < 1.29 is 4.79 Å². The third kappa shape index (κ3) is 3.91. The third-order valence-electron chi connectivity index (χ3n) is 2.60. The van der Waals surface area contributed by atoms with Crippen LogP contribution < -0.4 is 0 Å². The number of benzene rings is 1. The van der Waals surface area contributed by atoms with E-state index in [4.69, 9.17) is 0 Å². The molecule has 1 rings (SSSR count). The lowest BCUT2D eigenvalue weighted by atomic mass is 10.1. The second-order valence-corrected chi connectivity index (χ2v) is 3.82. The van der Waals surface area contributed by atoms with Crippen LogP contribution in [0.4, 0.5) is 0 Å². The zero-order chi connectivity index (χ0) is 12.7. The van der Waals surface area contributed by atoms with Crippen LogP contribution in [0.15, 0.2) is 49.2 Å². The Labute approximate surface area is 103 Å². The number of nitrogens with zero attached hydrogens (tertiary/aromatic N) is 1. The van der Waals surface area contributed by atoms with Gasteiger partial charge in [0.25, 0.3) is 0 Å². The van der Waals surface area contributed by atoms with Crippen LogP contribution in [0.25, 0.3) is 0 Å². The van der Waals surface area contributed by atoms with E-state index in [-0.39, 0.29) is 5.91 Å². The molecule has 2 nitrogen and oxygen atoms in total. The summed E-state index contributed by atoms with van der Waals surface area (Å²) in [4.78, 5) is 13.3. The van der Waals surface area contributed by atoms with E-state index >= 15 is 0 Å². The van der Waals surface area contributed by atoms with Crippen LogP contribution in [0.3, 0.4) is 0 Å². The SMILES string of the molecule is C=CN(Cc1ccc(CC)cc1)C(=O)/C=C\C. The van der Waals surface area contributed by atoms with Crippen LogP contribution in [-0.4, -0.2) is 10.8 Å². The molecule has 0 aromatic heterocycles. The lowest BCUT2D eigenvalue weighted by Gasteiger charge is -2.16. The predicted molar refractivity (Wildman–Crippen MR) is 71.4 cm³/mol. The van der Waals surface area contributed by atoms with Crippen LogP contribution in [0, 0.1) is 0 Å². The lowest BCUT2D eigenvalue weighted by molar-refractivity contribution is -0.124. The number of allylic oxidation sites excluding steroid dienone is 1. The fraction of sp³-hybridized carbons (Fsp3) is 0.267. The van der Waals surface area contributed by atoms with Crippen molar-refractivity contribution in [3.8, 4) is 0 Å². The Bertz CT molecular complexity index is 403. The minimum absolute atomic E-state index is 0.0398. The largest absolute Gasteiger partial charge is 0.312 e. The second-order valence-electron chi connectivity index (χ2n) is 3.82. The van der Waals surface area contributed by atoms with Crippen molar-refractivity contribution in [2.75, 3.05) is 0 Å². The molecule has 0 aliphatic rings. The Morgan fingerprint density at radius 1 is 1.29 bits per heavy atom. The van der Waals surface area contributed by atoms with E-state index in [0.29, 0.717) is 6.54 Å². The molecule has 0 aliphatic carbocycles. The van der Waals surface area contributed by atoms with Crippen molar-refractivity contribution in [2.24, 2.45) is 0 Å². The summed E-state index contributed by atoms with van der Waals surface area (Å²) in [7, 11) is 0. The fourth-order valence-electron chi connectivity index (χ4n) is 1.55. The second kappa shape index (κ2) is 6.69. The van der Waals surface area contributed by atoms with Crippen LogP contribution >= 0.6 is 0 Å². The molecule has 0 aliphatic heterocycles. The number of carbonyl (C=O) groups is 1. The van der Waals surface area contributed by atoms with Gasteiger partial charge in [-0.05, 0) is 30.5 Å². The first kappa shape index (κ1) is 13.2. The molecule has 0 atom stereocenters. The van der Waals surface area contributed by atoms with Crippen LogP contribution in [0.1, 0.15) is 25.0 Å². The number of aryl methyl sites for hydroxylation is 1. The van der Waals surface area contributed by atoms with Crippen molar-refractivity contribution in [2.45, 2.75) is 26.8 Å². The van der Waals surface area contributed by atoms with Crippen molar-refractivity contribution in [1.82, 2.24) is 4.90 Å². The topological polar surface area (TPSA) is 20.3 Å². The Balaban J connectivity index is 2.73. The zero-order valence-electron chi connectivity index (χ0n) is 10.5. The lowest BCUT2D eigenvalue weighted by Crippen LogP contribution is -2.22. The molecule has 1 amide bonds. The van der Waals surface area contributed by atoms with E-state index < -0.39 is 0 Å². The maximum absolute atomic E-state index is 11.7. The minimum Gasteiger partial charge on any atom is -0.312 e. The van der Waals surface area contributed by atoms with Gasteiger partial charge < -0.3 is 4.90 Å². The van der Waals surface area contributed by atoms with Gasteiger partial charge in [0.2, 0.25) is 5.91 Å². The summed E-state index contributed by atoms with van der Waals surface area (Å²) in [5.74, 6) is -0.0398. The van der Waals surface area contributed by atoms with Gasteiger partial charge in [-0.2, -0.15) is 0 Å². The Morgan fingerprint density at radius 2 is 1.88 bits per heavy atom. The van der Waals surface area contributed by atoms with E-state index in [1.54, 1.807) is 23.3 Å². The quantitative estimate of drug-likeness (QED) is 0.709. The third-order valence-corrected chi connectivity index (χ3v) is 2.60. The molecule has 90 valence electrons. The minimum atomic E-state index is -0.0398. The molecular formula is C15H19NO. The summed E-state index contributed by atoms with van der Waals surface area (Å²) in [6.07, 6.45) is 5.88. The molecule has 0 N–H and O–H groups in total. The van der Waals surface area contributed by atoms with Gasteiger partial charge in [0.15, 0.2) is 0 Å². The predicted octanol–water partition coefficient (Wildman–Crippen LogP) is 3.30. The molecule has 0 radical (unpaired) electrons. The maximum Gasteiger partial charge on any atom is 0.250 e. The number of amides is 1. The fourth-order valence-corrected chi connectivity index (χ4v) is 1.55. The molecule has 2 heteroatoms. The van der Waals surface area contributed by atoms with Gasteiger partial charge in [-0.15, -0.1) is 0 Å². The number of carbonyl (C=O) groups excluding carboxylic acids is 1. The summed E-state index contributed by atoms with van der Waals surface area (Å²) in [5.41, 5.74) is 2.42. The number of hydrogen-bond donors (Lipinski definition) is 0. The summed E-state index contributed by atoms with van der Waals surface area (Å²) >= 11 is 0. The summed E-state index contributed by atoms with van der Waals surface area (Å²) < 4.78 is 0. The molecule has 1 aromatic carbocycles. The van der Waals surface area contributed by atoms with E-state index in [1.165, 1.54) is 5.56 Å².